The van der Waals surface area contributed by atoms with Crippen LogP contribution < -0.4 is 5.73 Å². The number of ether oxygens (including phenoxy) is 1. The van der Waals surface area contributed by atoms with Crippen LogP contribution in [0, 0.1) is 11.6 Å². The highest BCUT2D eigenvalue weighted by Gasteiger charge is 2.05. The Labute approximate surface area is 100 Å². The summed E-state index contributed by atoms with van der Waals surface area (Å²) < 4.78 is 30.9. The lowest BCUT2D eigenvalue weighted by Crippen LogP contribution is -2.24. The smallest absolute Gasteiger partial charge is 0.159 e. The van der Waals surface area contributed by atoms with Crippen LogP contribution in [0.2, 0.25) is 0 Å². The van der Waals surface area contributed by atoms with Crippen LogP contribution in [0.3, 0.4) is 0 Å². The van der Waals surface area contributed by atoms with Crippen molar-refractivity contribution >= 4 is 0 Å². The summed E-state index contributed by atoms with van der Waals surface area (Å²) in [5.41, 5.74) is 6.02. The predicted octanol–water partition coefficient (Wildman–Crippen LogP) is 1.37. The van der Waals surface area contributed by atoms with E-state index in [2.05, 4.69) is 0 Å². The second kappa shape index (κ2) is 7.32. The quantitative estimate of drug-likeness (QED) is 0.736. The van der Waals surface area contributed by atoms with E-state index in [1.54, 1.807) is 6.07 Å². The van der Waals surface area contributed by atoms with Gasteiger partial charge in [0.1, 0.15) is 0 Å². The second-order valence-corrected chi connectivity index (χ2v) is 3.89. The highest BCUT2D eigenvalue weighted by molar-refractivity contribution is 5.17. The molecule has 1 rings (SSSR count). The number of hydrogen-bond acceptors (Lipinski definition) is 3. The van der Waals surface area contributed by atoms with Gasteiger partial charge in [0.2, 0.25) is 0 Å². The topological polar surface area (TPSA) is 38.5 Å². The molecule has 3 nitrogen and oxygen atoms in total. The first-order valence-electron chi connectivity index (χ1n) is 5.53. The first-order valence-corrected chi connectivity index (χ1v) is 5.53. The van der Waals surface area contributed by atoms with Gasteiger partial charge in [0.15, 0.2) is 11.6 Å². The summed E-state index contributed by atoms with van der Waals surface area (Å²) in [4.78, 5) is 1.98. The fourth-order valence-corrected chi connectivity index (χ4v) is 1.43. The Kier molecular flexibility index (Phi) is 6.04. The standard InChI is InChI=1S/C12H18F2N2O/c1-16(5-7-17-6-4-15)9-10-2-3-11(13)12(14)8-10/h2-3,8H,4-7,9,15H2,1H3. The van der Waals surface area contributed by atoms with Crippen molar-refractivity contribution in [2.75, 3.05) is 33.4 Å². The van der Waals surface area contributed by atoms with Gasteiger partial charge in [-0.05, 0) is 24.7 Å². The summed E-state index contributed by atoms with van der Waals surface area (Å²) in [6.45, 7) is 2.91. The molecule has 0 saturated heterocycles. The average molecular weight is 244 g/mol. The molecule has 17 heavy (non-hydrogen) atoms. The number of likely N-dealkylation sites (N-methyl/N-ethyl adjacent to an activating group) is 1. The van der Waals surface area contributed by atoms with E-state index < -0.39 is 11.6 Å². The van der Waals surface area contributed by atoms with Crippen LogP contribution in [0.25, 0.3) is 0 Å². The van der Waals surface area contributed by atoms with Crippen LogP contribution in [-0.4, -0.2) is 38.3 Å². The number of rotatable bonds is 7. The second-order valence-electron chi connectivity index (χ2n) is 3.89. The maximum atomic E-state index is 12.9. The summed E-state index contributed by atoms with van der Waals surface area (Å²) in [7, 11) is 1.90. The number of nitrogens with zero attached hydrogens (tertiary/aromatic N) is 1. The molecule has 5 heteroatoms. The van der Waals surface area contributed by atoms with Crippen LogP contribution in [0.1, 0.15) is 5.56 Å². The van der Waals surface area contributed by atoms with Gasteiger partial charge >= 0.3 is 0 Å². The molecule has 0 spiro atoms. The van der Waals surface area contributed by atoms with Crippen molar-refractivity contribution in [3.05, 3.63) is 35.4 Å². The van der Waals surface area contributed by atoms with E-state index in [4.69, 9.17) is 10.5 Å². The summed E-state index contributed by atoms with van der Waals surface area (Å²) in [5.74, 6) is -1.63. The maximum absolute atomic E-state index is 12.9. The number of benzene rings is 1. The molecule has 2 N–H and O–H groups in total. The molecule has 1 aromatic rings. The lowest BCUT2D eigenvalue weighted by molar-refractivity contribution is 0.115. The van der Waals surface area contributed by atoms with Crippen molar-refractivity contribution in [2.45, 2.75) is 6.54 Å². The van der Waals surface area contributed by atoms with E-state index in [0.29, 0.717) is 26.3 Å². The van der Waals surface area contributed by atoms with Gasteiger partial charge in [0.25, 0.3) is 0 Å². The molecule has 0 bridgehead atoms. The monoisotopic (exact) mass is 244 g/mol. The maximum Gasteiger partial charge on any atom is 0.159 e. The molecule has 0 aromatic heterocycles. The van der Waals surface area contributed by atoms with Gasteiger partial charge in [-0.25, -0.2) is 8.78 Å². The molecule has 0 heterocycles. The summed E-state index contributed by atoms with van der Waals surface area (Å²) in [5, 5.41) is 0. The largest absolute Gasteiger partial charge is 0.379 e. The molecular formula is C12H18F2N2O. The Hall–Kier alpha value is -1.04. The van der Waals surface area contributed by atoms with Crippen LogP contribution in [0.15, 0.2) is 18.2 Å². The zero-order chi connectivity index (χ0) is 12.7. The molecule has 96 valence electrons. The van der Waals surface area contributed by atoms with Gasteiger partial charge in [-0.1, -0.05) is 6.07 Å². The Balaban J connectivity index is 2.34. The Morgan fingerprint density at radius 1 is 1.24 bits per heavy atom. The zero-order valence-electron chi connectivity index (χ0n) is 9.96. The molecule has 0 aliphatic rings. The van der Waals surface area contributed by atoms with Gasteiger partial charge in [-0.15, -0.1) is 0 Å². The summed E-state index contributed by atoms with van der Waals surface area (Å²) in [6.07, 6.45) is 0. The molecule has 1 aromatic carbocycles. The zero-order valence-corrected chi connectivity index (χ0v) is 9.96. The van der Waals surface area contributed by atoms with Crippen LogP contribution in [0.4, 0.5) is 8.78 Å². The third-order valence-corrected chi connectivity index (χ3v) is 2.32. The lowest BCUT2D eigenvalue weighted by atomic mass is 10.2. The van der Waals surface area contributed by atoms with Gasteiger partial charge in [-0.2, -0.15) is 0 Å². The average Bonchev–Trinajstić information content (AvgIpc) is 2.30. The third kappa shape index (κ3) is 5.21. The molecule has 0 aliphatic heterocycles. The van der Waals surface area contributed by atoms with Gasteiger partial charge in [-0.3, -0.25) is 4.90 Å². The minimum Gasteiger partial charge on any atom is -0.379 e. The van der Waals surface area contributed by atoms with E-state index >= 15 is 0 Å². The van der Waals surface area contributed by atoms with E-state index in [1.165, 1.54) is 6.07 Å². The predicted molar refractivity (Wildman–Crippen MR) is 62.6 cm³/mol. The molecule has 0 saturated carbocycles. The van der Waals surface area contributed by atoms with Crippen LogP contribution >= 0.6 is 0 Å². The van der Waals surface area contributed by atoms with Crippen molar-refractivity contribution in [1.29, 1.82) is 0 Å². The van der Waals surface area contributed by atoms with E-state index in [-0.39, 0.29) is 0 Å². The molecule has 0 aliphatic carbocycles. The number of nitrogens with two attached hydrogens (primary N) is 1. The van der Waals surface area contributed by atoms with Gasteiger partial charge in [0, 0.05) is 19.6 Å². The van der Waals surface area contributed by atoms with Crippen molar-refractivity contribution < 1.29 is 13.5 Å². The minimum absolute atomic E-state index is 0.507. The highest BCUT2D eigenvalue weighted by atomic mass is 19.2. The van der Waals surface area contributed by atoms with Gasteiger partial charge < -0.3 is 10.5 Å². The molecule has 0 unspecified atom stereocenters. The minimum atomic E-state index is -0.817. The van der Waals surface area contributed by atoms with Crippen molar-refractivity contribution in [3.8, 4) is 0 Å². The van der Waals surface area contributed by atoms with Crippen molar-refractivity contribution in [3.63, 3.8) is 0 Å². The van der Waals surface area contributed by atoms with Gasteiger partial charge in [0.05, 0.1) is 13.2 Å². The van der Waals surface area contributed by atoms with Crippen molar-refractivity contribution in [2.24, 2.45) is 5.73 Å². The normalized spacial score (nSPS) is 11.1. The highest BCUT2D eigenvalue weighted by Crippen LogP contribution is 2.10. The summed E-state index contributed by atoms with van der Waals surface area (Å²) in [6, 6.07) is 3.94. The fourth-order valence-electron chi connectivity index (χ4n) is 1.43. The first-order chi connectivity index (χ1) is 8.13. The van der Waals surface area contributed by atoms with E-state index in [0.717, 1.165) is 18.2 Å². The lowest BCUT2D eigenvalue weighted by Gasteiger charge is -2.16. The molecule has 0 amide bonds. The third-order valence-electron chi connectivity index (χ3n) is 2.32. The summed E-state index contributed by atoms with van der Waals surface area (Å²) >= 11 is 0. The Morgan fingerprint density at radius 2 is 2.00 bits per heavy atom. The van der Waals surface area contributed by atoms with Crippen LogP contribution in [-0.2, 0) is 11.3 Å². The molecule has 0 radical (unpaired) electrons. The first kappa shape index (κ1) is 14.0. The Morgan fingerprint density at radius 3 is 2.65 bits per heavy atom. The fraction of sp³-hybridized carbons (Fsp3) is 0.500. The molecule has 0 atom stereocenters. The van der Waals surface area contributed by atoms with Crippen LogP contribution in [0.5, 0.6) is 0 Å². The number of halogens is 2. The van der Waals surface area contributed by atoms with E-state index in [9.17, 15) is 8.78 Å². The Bertz CT molecular complexity index is 347. The van der Waals surface area contributed by atoms with E-state index in [1.807, 2.05) is 11.9 Å². The molecule has 0 fully saturated rings. The number of hydrogen-bond donors (Lipinski definition) is 1. The van der Waals surface area contributed by atoms with Crippen molar-refractivity contribution in [1.82, 2.24) is 4.90 Å². The SMILES string of the molecule is CN(CCOCCN)Cc1ccc(F)c(F)c1. The molecular weight excluding hydrogens is 226 g/mol.